The van der Waals surface area contributed by atoms with E-state index < -0.39 is 0 Å². The summed E-state index contributed by atoms with van der Waals surface area (Å²) in [6.45, 7) is 5.27. The third-order valence-electron chi connectivity index (χ3n) is 4.42. The van der Waals surface area contributed by atoms with Gasteiger partial charge >= 0.3 is 0 Å². The predicted octanol–water partition coefficient (Wildman–Crippen LogP) is 1.44. The van der Waals surface area contributed by atoms with Crippen molar-refractivity contribution in [2.45, 2.75) is 32.2 Å². The fourth-order valence-corrected chi connectivity index (χ4v) is 2.92. The molecule has 3 heterocycles. The van der Waals surface area contributed by atoms with Crippen LogP contribution >= 0.6 is 0 Å². The molecule has 0 saturated carbocycles. The summed E-state index contributed by atoms with van der Waals surface area (Å²) < 4.78 is 0. The van der Waals surface area contributed by atoms with Crippen LogP contribution in [-0.4, -0.2) is 53.1 Å². The van der Waals surface area contributed by atoms with E-state index in [0.29, 0.717) is 23.9 Å². The molecule has 0 aromatic carbocycles. The fraction of sp³-hybridized carbons (Fsp3) is 0.474. The van der Waals surface area contributed by atoms with Gasteiger partial charge in [0, 0.05) is 44.3 Å². The highest BCUT2D eigenvalue weighted by Gasteiger charge is 2.20. The summed E-state index contributed by atoms with van der Waals surface area (Å²) in [6, 6.07) is 4.14. The first-order valence-electron chi connectivity index (χ1n) is 9.51. The number of hydrogen-bond acceptors (Lipinski definition) is 7. The molecule has 1 aliphatic rings. The Morgan fingerprint density at radius 3 is 2.85 bits per heavy atom. The van der Waals surface area contributed by atoms with Gasteiger partial charge in [-0.1, -0.05) is 6.92 Å². The lowest BCUT2D eigenvalue weighted by Crippen LogP contribution is -2.36. The molecule has 2 aromatic rings. The first kappa shape index (κ1) is 19.0. The van der Waals surface area contributed by atoms with E-state index in [-0.39, 0.29) is 11.9 Å². The summed E-state index contributed by atoms with van der Waals surface area (Å²) in [6.07, 6.45) is 7.90. The van der Waals surface area contributed by atoms with Crippen molar-refractivity contribution in [2.75, 3.05) is 36.8 Å². The maximum atomic E-state index is 12.6. The van der Waals surface area contributed by atoms with Gasteiger partial charge in [0.2, 0.25) is 5.95 Å². The first-order valence-corrected chi connectivity index (χ1v) is 9.51. The van der Waals surface area contributed by atoms with E-state index in [9.17, 15) is 4.79 Å². The number of anilines is 2. The molecule has 1 fully saturated rings. The minimum absolute atomic E-state index is 0.134. The third-order valence-corrected chi connectivity index (χ3v) is 4.42. The fourth-order valence-electron chi connectivity index (χ4n) is 2.92. The van der Waals surface area contributed by atoms with E-state index in [0.717, 1.165) is 38.9 Å². The molecule has 3 rings (SSSR count). The number of carbonyl (C=O) groups is 1. The maximum absolute atomic E-state index is 12.6. The Hall–Kier alpha value is -2.74. The summed E-state index contributed by atoms with van der Waals surface area (Å²) >= 11 is 0. The number of hydrogen-bond donors (Lipinski definition) is 4. The molecule has 8 nitrogen and oxygen atoms in total. The van der Waals surface area contributed by atoms with Gasteiger partial charge in [0.25, 0.3) is 5.91 Å². The molecule has 4 N–H and O–H groups in total. The molecule has 2 aromatic heterocycles. The number of pyridine rings is 1. The lowest BCUT2D eigenvalue weighted by Gasteiger charge is -2.15. The second-order valence-corrected chi connectivity index (χ2v) is 6.58. The van der Waals surface area contributed by atoms with Crippen molar-refractivity contribution < 1.29 is 4.79 Å². The minimum atomic E-state index is -0.134. The summed E-state index contributed by atoms with van der Waals surface area (Å²) in [7, 11) is 0. The highest BCUT2D eigenvalue weighted by molar-refractivity contribution is 5.98. The molecule has 8 heteroatoms. The standard InChI is InChI=1S/C19H27N7O/c1-2-7-22-17-16(18(27)25-15-6-10-21-12-15)13-24-19(26-17)23-11-5-14-3-8-20-9-4-14/h3-4,8-9,13,15,21H,2,5-7,10-12H2,1H3,(H,25,27)(H2,22,23,24,26). The van der Waals surface area contributed by atoms with Crippen molar-refractivity contribution in [1.29, 1.82) is 0 Å². The summed E-state index contributed by atoms with van der Waals surface area (Å²) in [5.74, 6) is 0.953. The number of nitrogens with zero attached hydrogens (tertiary/aromatic N) is 3. The molecule has 144 valence electrons. The topological polar surface area (TPSA) is 104 Å². The Bertz CT molecular complexity index is 732. The monoisotopic (exact) mass is 369 g/mol. The van der Waals surface area contributed by atoms with Crippen LogP contribution in [0.5, 0.6) is 0 Å². The molecule has 1 unspecified atom stereocenters. The van der Waals surface area contributed by atoms with Crippen molar-refractivity contribution in [2.24, 2.45) is 0 Å². The zero-order valence-electron chi connectivity index (χ0n) is 15.7. The molecule has 1 aliphatic heterocycles. The van der Waals surface area contributed by atoms with E-state index in [1.807, 2.05) is 12.1 Å². The quantitative estimate of drug-likeness (QED) is 0.530. The van der Waals surface area contributed by atoms with Crippen molar-refractivity contribution in [3.63, 3.8) is 0 Å². The van der Waals surface area contributed by atoms with Crippen LogP contribution in [0.15, 0.2) is 30.7 Å². The van der Waals surface area contributed by atoms with Crippen LogP contribution in [0.1, 0.15) is 35.7 Å². The molecular weight excluding hydrogens is 342 g/mol. The van der Waals surface area contributed by atoms with E-state index in [1.54, 1.807) is 18.6 Å². The van der Waals surface area contributed by atoms with Crippen molar-refractivity contribution >= 4 is 17.7 Å². The molecule has 1 saturated heterocycles. The molecule has 0 bridgehead atoms. The van der Waals surface area contributed by atoms with Gasteiger partial charge in [0.05, 0.1) is 0 Å². The Balaban J connectivity index is 1.64. The van der Waals surface area contributed by atoms with Crippen LogP contribution < -0.4 is 21.3 Å². The van der Waals surface area contributed by atoms with Gasteiger partial charge in [-0.2, -0.15) is 4.98 Å². The number of rotatable bonds is 9. The van der Waals surface area contributed by atoms with E-state index in [1.165, 1.54) is 5.56 Å². The maximum Gasteiger partial charge on any atom is 0.256 e. The second kappa shape index (κ2) is 9.82. The summed E-state index contributed by atoms with van der Waals surface area (Å²) in [5.41, 5.74) is 1.68. The summed E-state index contributed by atoms with van der Waals surface area (Å²) in [4.78, 5) is 25.5. The number of nitrogens with one attached hydrogen (secondary N) is 4. The smallest absolute Gasteiger partial charge is 0.256 e. The molecule has 0 spiro atoms. The van der Waals surface area contributed by atoms with Gasteiger partial charge in [-0.05, 0) is 43.5 Å². The molecule has 0 radical (unpaired) electrons. The van der Waals surface area contributed by atoms with Crippen LogP contribution in [-0.2, 0) is 6.42 Å². The molecule has 1 atom stereocenters. The molecular formula is C19H27N7O. The van der Waals surface area contributed by atoms with Gasteiger partial charge in [-0.3, -0.25) is 9.78 Å². The predicted molar refractivity (Wildman–Crippen MR) is 106 cm³/mol. The van der Waals surface area contributed by atoms with E-state index >= 15 is 0 Å². The lowest BCUT2D eigenvalue weighted by atomic mass is 10.2. The Morgan fingerprint density at radius 1 is 1.26 bits per heavy atom. The van der Waals surface area contributed by atoms with Gasteiger partial charge in [0.1, 0.15) is 11.4 Å². The van der Waals surface area contributed by atoms with E-state index in [4.69, 9.17) is 0 Å². The number of amides is 1. The average molecular weight is 369 g/mol. The summed E-state index contributed by atoms with van der Waals surface area (Å²) in [5, 5.41) is 12.8. The Morgan fingerprint density at radius 2 is 2.11 bits per heavy atom. The van der Waals surface area contributed by atoms with Crippen molar-refractivity contribution in [1.82, 2.24) is 25.6 Å². The van der Waals surface area contributed by atoms with Crippen LogP contribution in [0.25, 0.3) is 0 Å². The van der Waals surface area contributed by atoms with Crippen LogP contribution in [0.4, 0.5) is 11.8 Å². The average Bonchev–Trinajstić information content (AvgIpc) is 3.20. The van der Waals surface area contributed by atoms with Crippen LogP contribution in [0.3, 0.4) is 0 Å². The molecule has 0 aliphatic carbocycles. The van der Waals surface area contributed by atoms with Gasteiger partial charge in [0.15, 0.2) is 0 Å². The Labute approximate surface area is 159 Å². The minimum Gasteiger partial charge on any atom is -0.369 e. The van der Waals surface area contributed by atoms with Crippen LogP contribution in [0, 0.1) is 0 Å². The van der Waals surface area contributed by atoms with E-state index in [2.05, 4.69) is 43.1 Å². The van der Waals surface area contributed by atoms with Crippen molar-refractivity contribution in [3.05, 3.63) is 41.9 Å². The third kappa shape index (κ3) is 5.62. The first-order chi connectivity index (χ1) is 13.3. The largest absolute Gasteiger partial charge is 0.369 e. The van der Waals surface area contributed by atoms with Gasteiger partial charge in [-0.25, -0.2) is 4.98 Å². The SMILES string of the molecule is CCCNc1nc(NCCc2ccncc2)ncc1C(=O)NC1CCNC1. The highest BCUT2D eigenvalue weighted by Crippen LogP contribution is 2.15. The zero-order valence-corrected chi connectivity index (χ0v) is 15.7. The second-order valence-electron chi connectivity index (χ2n) is 6.58. The zero-order chi connectivity index (χ0) is 18.9. The molecule has 1 amide bonds. The van der Waals surface area contributed by atoms with Crippen LogP contribution in [0.2, 0.25) is 0 Å². The van der Waals surface area contributed by atoms with Gasteiger partial charge < -0.3 is 21.3 Å². The van der Waals surface area contributed by atoms with Gasteiger partial charge in [-0.15, -0.1) is 0 Å². The number of aromatic nitrogens is 3. The highest BCUT2D eigenvalue weighted by atomic mass is 16.1. The van der Waals surface area contributed by atoms with Crippen molar-refractivity contribution in [3.8, 4) is 0 Å². The lowest BCUT2D eigenvalue weighted by molar-refractivity contribution is 0.0940. The number of carbonyl (C=O) groups excluding carboxylic acids is 1. The Kier molecular flexibility index (Phi) is 6.92. The normalized spacial score (nSPS) is 16.1. The molecule has 27 heavy (non-hydrogen) atoms.